The number of carboxylic acid groups (broad SMARTS) is 1. The Morgan fingerprint density at radius 2 is 2.06 bits per heavy atom. The molecule has 1 heterocycles. The molecule has 0 aliphatic rings. The third-order valence-corrected chi connectivity index (χ3v) is 3.22. The van der Waals surface area contributed by atoms with E-state index in [1.165, 1.54) is 16.9 Å². The molecule has 94 valence electrons. The number of nitrogen functional groups attached to an aromatic ring is 1. The molecule has 0 bridgehead atoms. The van der Waals surface area contributed by atoms with Crippen LogP contribution in [0.15, 0.2) is 29.6 Å². The van der Waals surface area contributed by atoms with Gasteiger partial charge in [0, 0.05) is 11.1 Å². The summed E-state index contributed by atoms with van der Waals surface area (Å²) in [7, 11) is 0. The second-order valence-electron chi connectivity index (χ2n) is 3.82. The zero-order valence-electron chi connectivity index (χ0n) is 9.59. The van der Waals surface area contributed by atoms with Crippen molar-refractivity contribution in [2.75, 3.05) is 11.1 Å². The molecule has 0 atom stereocenters. The maximum atomic E-state index is 10.4. The van der Waals surface area contributed by atoms with E-state index in [1.807, 2.05) is 29.6 Å². The molecule has 2 aromatic rings. The average molecular weight is 263 g/mol. The van der Waals surface area contributed by atoms with Gasteiger partial charge in [-0.05, 0) is 30.5 Å². The van der Waals surface area contributed by atoms with Gasteiger partial charge in [-0.15, -0.1) is 11.3 Å². The Morgan fingerprint density at radius 3 is 2.72 bits per heavy atom. The number of nitrogens with zero attached hydrogens (tertiary/aromatic N) is 1. The van der Waals surface area contributed by atoms with Gasteiger partial charge in [0.1, 0.15) is 0 Å². The molecule has 6 heteroatoms. The van der Waals surface area contributed by atoms with Gasteiger partial charge >= 0.3 is 6.09 Å². The SMILES string of the molecule is Nc1ccc(CCc2csc(NC(=O)O)n2)cc1. The number of aryl methyl sites for hydroxylation is 2. The Hall–Kier alpha value is -2.08. The van der Waals surface area contributed by atoms with E-state index in [1.54, 1.807) is 0 Å². The molecule has 4 N–H and O–H groups in total. The first kappa shape index (κ1) is 12.4. The second kappa shape index (κ2) is 5.50. The van der Waals surface area contributed by atoms with Crippen LogP contribution in [0.4, 0.5) is 15.6 Å². The van der Waals surface area contributed by atoms with Gasteiger partial charge in [0.15, 0.2) is 5.13 Å². The number of thiazole rings is 1. The molecule has 0 fully saturated rings. The third kappa shape index (κ3) is 3.46. The summed E-state index contributed by atoms with van der Waals surface area (Å²) in [4.78, 5) is 14.6. The van der Waals surface area contributed by atoms with E-state index in [4.69, 9.17) is 10.8 Å². The third-order valence-electron chi connectivity index (χ3n) is 2.42. The summed E-state index contributed by atoms with van der Waals surface area (Å²) in [6.45, 7) is 0. The lowest BCUT2D eigenvalue weighted by Gasteiger charge is -2.00. The molecule has 0 saturated carbocycles. The molecule has 1 amide bonds. The quantitative estimate of drug-likeness (QED) is 0.740. The highest BCUT2D eigenvalue weighted by Crippen LogP contribution is 2.17. The van der Waals surface area contributed by atoms with Gasteiger partial charge in [-0.25, -0.2) is 9.78 Å². The van der Waals surface area contributed by atoms with Crippen LogP contribution in [0, 0.1) is 0 Å². The molecule has 1 aromatic heterocycles. The Bertz CT molecular complexity index is 537. The fourth-order valence-electron chi connectivity index (χ4n) is 1.53. The zero-order chi connectivity index (χ0) is 13.0. The minimum atomic E-state index is -1.09. The molecule has 0 aliphatic carbocycles. The number of amides is 1. The fourth-order valence-corrected chi connectivity index (χ4v) is 2.26. The van der Waals surface area contributed by atoms with Gasteiger partial charge in [-0.1, -0.05) is 12.1 Å². The van der Waals surface area contributed by atoms with Crippen molar-refractivity contribution in [1.82, 2.24) is 4.98 Å². The van der Waals surface area contributed by atoms with Gasteiger partial charge < -0.3 is 10.8 Å². The Balaban J connectivity index is 1.92. The molecule has 0 spiro atoms. The fraction of sp³-hybridized carbons (Fsp3) is 0.167. The van der Waals surface area contributed by atoms with Crippen molar-refractivity contribution in [1.29, 1.82) is 0 Å². The Labute approximate surface area is 108 Å². The van der Waals surface area contributed by atoms with E-state index < -0.39 is 6.09 Å². The summed E-state index contributed by atoms with van der Waals surface area (Å²) in [6, 6.07) is 7.71. The number of nitrogens with one attached hydrogen (secondary N) is 1. The van der Waals surface area contributed by atoms with Crippen molar-refractivity contribution in [3.8, 4) is 0 Å². The van der Waals surface area contributed by atoms with Crippen LogP contribution in [0.2, 0.25) is 0 Å². The maximum absolute atomic E-state index is 10.4. The minimum Gasteiger partial charge on any atom is -0.465 e. The Kier molecular flexibility index (Phi) is 3.78. The van der Waals surface area contributed by atoms with Crippen molar-refractivity contribution in [2.24, 2.45) is 0 Å². The van der Waals surface area contributed by atoms with Crippen molar-refractivity contribution >= 4 is 28.2 Å². The van der Waals surface area contributed by atoms with Crippen molar-refractivity contribution in [2.45, 2.75) is 12.8 Å². The van der Waals surface area contributed by atoms with E-state index >= 15 is 0 Å². The number of hydrogen-bond acceptors (Lipinski definition) is 4. The number of benzene rings is 1. The monoisotopic (exact) mass is 263 g/mol. The first-order valence-electron chi connectivity index (χ1n) is 5.42. The summed E-state index contributed by atoms with van der Waals surface area (Å²) in [5, 5.41) is 13.1. The van der Waals surface area contributed by atoms with Crippen LogP contribution in [-0.4, -0.2) is 16.2 Å². The van der Waals surface area contributed by atoms with Crippen LogP contribution in [-0.2, 0) is 12.8 Å². The van der Waals surface area contributed by atoms with Crippen LogP contribution < -0.4 is 11.1 Å². The second-order valence-corrected chi connectivity index (χ2v) is 4.67. The highest BCUT2D eigenvalue weighted by molar-refractivity contribution is 7.13. The molecule has 0 unspecified atom stereocenters. The summed E-state index contributed by atoms with van der Waals surface area (Å²) < 4.78 is 0. The van der Waals surface area contributed by atoms with Crippen LogP contribution in [0.25, 0.3) is 0 Å². The number of nitrogens with two attached hydrogens (primary N) is 1. The smallest absolute Gasteiger partial charge is 0.410 e. The van der Waals surface area contributed by atoms with Gasteiger partial charge in [-0.3, -0.25) is 5.32 Å². The topological polar surface area (TPSA) is 88.2 Å². The molecule has 5 nitrogen and oxygen atoms in total. The average Bonchev–Trinajstić information content (AvgIpc) is 2.75. The van der Waals surface area contributed by atoms with Gasteiger partial charge in [0.25, 0.3) is 0 Å². The number of anilines is 2. The van der Waals surface area contributed by atoms with Crippen molar-refractivity contribution < 1.29 is 9.90 Å². The van der Waals surface area contributed by atoms with E-state index in [0.717, 1.165) is 24.2 Å². The van der Waals surface area contributed by atoms with E-state index in [-0.39, 0.29) is 0 Å². The molecule has 1 aromatic carbocycles. The lowest BCUT2D eigenvalue weighted by atomic mass is 10.1. The predicted molar refractivity (Wildman–Crippen MR) is 72.0 cm³/mol. The molecule has 18 heavy (non-hydrogen) atoms. The van der Waals surface area contributed by atoms with Crippen molar-refractivity contribution in [3.63, 3.8) is 0 Å². The molecule has 0 aliphatic heterocycles. The van der Waals surface area contributed by atoms with E-state index in [2.05, 4.69) is 10.3 Å². The lowest BCUT2D eigenvalue weighted by molar-refractivity contribution is 0.209. The maximum Gasteiger partial charge on any atom is 0.410 e. The normalized spacial score (nSPS) is 10.2. The lowest BCUT2D eigenvalue weighted by Crippen LogP contribution is -2.06. The molecular weight excluding hydrogens is 250 g/mol. The van der Waals surface area contributed by atoms with Gasteiger partial charge in [-0.2, -0.15) is 0 Å². The summed E-state index contributed by atoms with van der Waals surface area (Å²) in [5.41, 5.74) is 8.43. The molecule has 0 radical (unpaired) electrons. The standard InChI is InChI=1S/C12H13N3O2S/c13-9-4-1-8(2-5-9)3-6-10-7-18-11(14-10)15-12(16)17/h1-2,4-5,7H,3,6,13H2,(H,14,15)(H,16,17). The summed E-state index contributed by atoms with van der Waals surface area (Å²) in [6.07, 6.45) is 0.549. The van der Waals surface area contributed by atoms with Crippen LogP contribution in [0.1, 0.15) is 11.3 Å². The van der Waals surface area contributed by atoms with Gasteiger partial charge in [0.05, 0.1) is 5.69 Å². The first-order valence-corrected chi connectivity index (χ1v) is 6.30. The molecular formula is C12H13N3O2S. The number of hydrogen-bond donors (Lipinski definition) is 3. The minimum absolute atomic E-state index is 0.412. The van der Waals surface area contributed by atoms with E-state index in [0.29, 0.717) is 5.13 Å². The van der Waals surface area contributed by atoms with Crippen molar-refractivity contribution in [3.05, 3.63) is 40.9 Å². The highest BCUT2D eigenvalue weighted by atomic mass is 32.1. The summed E-state index contributed by atoms with van der Waals surface area (Å²) >= 11 is 1.29. The van der Waals surface area contributed by atoms with Crippen LogP contribution >= 0.6 is 11.3 Å². The largest absolute Gasteiger partial charge is 0.465 e. The molecule has 2 rings (SSSR count). The zero-order valence-corrected chi connectivity index (χ0v) is 10.4. The predicted octanol–water partition coefficient (Wildman–Crippen LogP) is 2.60. The molecule has 0 saturated heterocycles. The van der Waals surface area contributed by atoms with Gasteiger partial charge in [0.2, 0.25) is 0 Å². The first-order chi connectivity index (χ1) is 8.63. The van der Waals surface area contributed by atoms with E-state index in [9.17, 15) is 4.79 Å². The van der Waals surface area contributed by atoms with Crippen LogP contribution in [0.5, 0.6) is 0 Å². The number of carbonyl (C=O) groups is 1. The number of aromatic nitrogens is 1. The Morgan fingerprint density at radius 1 is 1.33 bits per heavy atom. The number of rotatable bonds is 4. The van der Waals surface area contributed by atoms with Crippen LogP contribution in [0.3, 0.4) is 0 Å². The highest BCUT2D eigenvalue weighted by Gasteiger charge is 2.04. The summed E-state index contributed by atoms with van der Waals surface area (Å²) in [5.74, 6) is 0.